The minimum atomic E-state index is 0.121. The summed E-state index contributed by atoms with van der Waals surface area (Å²) < 4.78 is 0. The van der Waals surface area contributed by atoms with Crippen LogP contribution in [0.1, 0.15) is 45.4 Å². The Morgan fingerprint density at radius 1 is 1.33 bits per heavy atom. The third-order valence-electron chi connectivity index (χ3n) is 4.02. The van der Waals surface area contributed by atoms with Crippen molar-refractivity contribution in [3.63, 3.8) is 0 Å². The van der Waals surface area contributed by atoms with Gasteiger partial charge in [0.1, 0.15) is 0 Å². The van der Waals surface area contributed by atoms with Crippen LogP contribution in [0, 0.1) is 5.92 Å². The summed E-state index contributed by atoms with van der Waals surface area (Å²) in [7, 11) is 0. The van der Waals surface area contributed by atoms with Crippen LogP contribution in [0.2, 0.25) is 0 Å². The molecule has 0 radical (unpaired) electrons. The first-order valence-electron chi connectivity index (χ1n) is 6.30. The maximum atomic E-state index is 12.3. The lowest BCUT2D eigenvalue weighted by molar-refractivity contribution is -0.136. The Morgan fingerprint density at radius 2 is 2.13 bits per heavy atom. The quantitative estimate of drug-likeness (QED) is 0.751. The highest BCUT2D eigenvalue weighted by Crippen LogP contribution is 2.29. The summed E-state index contributed by atoms with van der Waals surface area (Å²) in [6.45, 7) is 3.13. The zero-order valence-electron chi connectivity index (χ0n) is 9.61. The van der Waals surface area contributed by atoms with Crippen molar-refractivity contribution in [1.29, 1.82) is 0 Å². The molecule has 2 fully saturated rings. The Bertz CT molecular complexity index is 242. The number of carbonyl (C=O) groups excluding carboxylic acids is 1. The maximum Gasteiger partial charge on any atom is 0.227 e. The van der Waals surface area contributed by atoms with E-state index in [4.69, 9.17) is 5.73 Å². The van der Waals surface area contributed by atoms with Crippen LogP contribution in [0.3, 0.4) is 0 Å². The van der Waals surface area contributed by atoms with E-state index in [1.807, 2.05) is 0 Å². The molecule has 86 valence electrons. The van der Waals surface area contributed by atoms with E-state index >= 15 is 0 Å². The minimum Gasteiger partial charge on any atom is -0.339 e. The predicted molar refractivity (Wildman–Crippen MR) is 60.3 cm³/mol. The highest BCUT2D eigenvalue weighted by atomic mass is 16.2. The van der Waals surface area contributed by atoms with Gasteiger partial charge in [-0.25, -0.2) is 0 Å². The van der Waals surface area contributed by atoms with E-state index in [-0.39, 0.29) is 12.0 Å². The molecule has 2 aliphatic rings. The van der Waals surface area contributed by atoms with Crippen LogP contribution in [0.5, 0.6) is 0 Å². The second kappa shape index (κ2) is 4.52. The number of hydrogen-bond acceptors (Lipinski definition) is 2. The fourth-order valence-corrected chi connectivity index (χ4v) is 3.06. The van der Waals surface area contributed by atoms with Gasteiger partial charge in [-0.15, -0.1) is 0 Å². The summed E-state index contributed by atoms with van der Waals surface area (Å²) in [5.74, 6) is 0.460. The number of nitrogens with zero attached hydrogens (tertiary/aromatic N) is 1. The first-order chi connectivity index (χ1) is 7.24. The molecule has 0 aromatic carbocycles. The van der Waals surface area contributed by atoms with Gasteiger partial charge in [0.2, 0.25) is 5.91 Å². The van der Waals surface area contributed by atoms with E-state index in [2.05, 4.69) is 11.8 Å². The van der Waals surface area contributed by atoms with Crippen LogP contribution < -0.4 is 5.73 Å². The standard InChI is InChI=1S/C12H22N2O/c1-2-9-5-4-8-14(9)12(15)10-6-3-7-11(10)13/h9-11H,2-8,13H2,1H3. The summed E-state index contributed by atoms with van der Waals surface area (Å²) >= 11 is 0. The van der Waals surface area contributed by atoms with Crippen LogP contribution in [0.4, 0.5) is 0 Å². The number of amides is 1. The average molecular weight is 210 g/mol. The fourth-order valence-electron chi connectivity index (χ4n) is 3.06. The lowest BCUT2D eigenvalue weighted by Crippen LogP contribution is -2.43. The Kier molecular flexibility index (Phi) is 3.29. The summed E-state index contributed by atoms with van der Waals surface area (Å²) in [4.78, 5) is 14.4. The zero-order valence-corrected chi connectivity index (χ0v) is 9.61. The van der Waals surface area contributed by atoms with Gasteiger partial charge in [0.25, 0.3) is 0 Å². The van der Waals surface area contributed by atoms with E-state index < -0.39 is 0 Å². The SMILES string of the molecule is CCC1CCCN1C(=O)C1CCCC1N. The number of rotatable bonds is 2. The van der Waals surface area contributed by atoms with Crippen molar-refractivity contribution in [2.75, 3.05) is 6.54 Å². The monoisotopic (exact) mass is 210 g/mol. The first-order valence-corrected chi connectivity index (χ1v) is 6.30. The Morgan fingerprint density at radius 3 is 2.73 bits per heavy atom. The molecule has 0 bridgehead atoms. The summed E-state index contributed by atoms with van der Waals surface area (Å²) in [6, 6.07) is 0.612. The highest BCUT2D eigenvalue weighted by Gasteiger charge is 2.37. The Hall–Kier alpha value is -0.570. The Balaban J connectivity index is 2.00. The summed E-state index contributed by atoms with van der Waals surface area (Å²) in [5, 5.41) is 0. The van der Waals surface area contributed by atoms with Crippen LogP contribution >= 0.6 is 0 Å². The molecular weight excluding hydrogens is 188 g/mol. The van der Waals surface area contributed by atoms with Gasteiger partial charge in [0.05, 0.1) is 5.92 Å². The molecule has 2 N–H and O–H groups in total. The molecule has 3 unspecified atom stereocenters. The maximum absolute atomic E-state index is 12.3. The molecule has 1 saturated heterocycles. The van der Waals surface area contributed by atoms with E-state index in [1.54, 1.807) is 0 Å². The van der Waals surface area contributed by atoms with Crippen molar-refractivity contribution < 1.29 is 4.79 Å². The second-order valence-electron chi connectivity index (χ2n) is 4.94. The molecule has 1 amide bonds. The normalized spacial score (nSPS) is 36.1. The van der Waals surface area contributed by atoms with E-state index in [0.29, 0.717) is 11.9 Å². The largest absolute Gasteiger partial charge is 0.339 e. The van der Waals surface area contributed by atoms with Gasteiger partial charge in [-0.1, -0.05) is 13.3 Å². The summed E-state index contributed by atoms with van der Waals surface area (Å²) in [5.41, 5.74) is 5.99. The first kappa shape index (κ1) is 10.9. The molecule has 0 spiro atoms. The number of nitrogens with two attached hydrogens (primary N) is 1. The highest BCUT2D eigenvalue weighted by molar-refractivity contribution is 5.80. The molecule has 1 heterocycles. The molecule has 15 heavy (non-hydrogen) atoms. The van der Waals surface area contributed by atoms with Crippen molar-refractivity contribution in [1.82, 2.24) is 4.90 Å². The van der Waals surface area contributed by atoms with E-state index in [9.17, 15) is 4.79 Å². The summed E-state index contributed by atoms with van der Waals surface area (Å²) in [6.07, 6.45) is 6.61. The van der Waals surface area contributed by atoms with Gasteiger partial charge in [-0.3, -0.25) is 4.79 Å². The van der Waals surface area contributed by atoms with Crippen LogP contribution in [-0.2, 0) is 4.79 Å². The molecule has 3 atom stereocenters. The molecule has 2 rings (SSSR count). The van der Waals surface area contributed by atoms with Crippen molar-refractivity contribution >= 4 is 5.91 Å². The molecule has 1 aliphatic heterocycles. The van der Waals surface area contributed by atoms with Gasteiger partial charge < -0.3 is 10.6 Å². The molecular formula is C12H22N2O. The van der Waals surface area contributed by atoms with Gasteiger partial charge in [-0.05, 0) is 32.1 Å². The number of hydrogen-bond donors (Lipinski definition) is 1. The van der Waals surface area contributed by atoms with Crippen molar-refractivity contribution in [2.24, 2.45) is 11.7 Å². The average Bonchev–Trinajstić information content (AvgIpc) is 2.84. The fraction of sp³-hybridized carbons (Fsp3) is 0.917. The van der Waals surface area contributed by atoms with Crippen molar-refractivity contribution in [3.8, 4) is 0 Å². The number of likely N-dealkylation sites (tertiary alicyclic amines) is 1. The lowest BCUT2D eigenvalue weighted by Gasteiger charge is -2.28. The minimum absolute atomic E-state index is 0.121. The predicted octanol–water partition coefficient (Wildman–Crippen LogP) is 1.51. The van der Waals surface area contributed by atoms with Crippen LogP contribution in [-0.4, -0.2) is 29.4 Å². The van der Waals surface area contributed by atoms with Gasteiger partial charge in [-0.2, -0.15) is 0 Å². The van der Waals surface area contributed by atoms with Crippen LogP contribution in [0.15, 0.2) is 0 Å². The van der Waals surface area contributed by atoms with Crippen molar-refractivity contribution in [2.45, 2.75) is 57.5 Å². The van der Waals surface area contributed by atoms with Gasteiger partial charge >= 0.3 is 0 Å². The third kappa shape index (κ3) is 2.03. The molecule has 1 aliphatic carbocycles. The van der Waals surface area contributed by atoms with Crippen molar-refractivity contribution in [3.05, 3.63) is 0 Å². The second-order valence-corrected chi connectivity index (χ2v) is 4.94. The van der Waals surface area contributed by atoms with E-state index in [1.165, 1.54) is 12.8 Å². The van der Waals surface area contributed by atoms with Gasteiger partial charge in [0, 0.05) is 18.6 Å². The molecule has 0 aromatic heterocycles. The Labute approximate surface area is 92.0 Å². The number of carbonyl (C=O) groups is 1. The molecule has 0 aromatic rings. The van der Waals surface area contributed by atoms with Gasteiger partial charge in [0.15, 0.2) is 0 Å². The van der Waals surface area contributed by atoms with E-state index in [0.717, 1.165) is 32.2 Å². The zero-order chi connectivity index (χ0) is 10.8. The molecule has 1 saturated carbocycles. The third-order valence-corrected chi connectivity index (χ3v) is 4.02. The van der Waals surface area contributed by atoms with Crippen LogP contribution in [0.25, 0.3) is 0 Å². The topological polar surface area (TPSA) is 46.3 Å². The molecule has 3 heteroatoms. The molecule has 3 nitrogen and oxygen atoms in total. The smallest absolute Gasteiger partial charge is 0.227 e. The lowest BCUT2D eigenvalue weighted by atomic mass is 10.0.